The maximum absolute atomic E-state index is 12.2. The van der Waals surface area contributed by atoms with Crippen molar-refractivity contribution in [2.45, 2.75) is 12.5 Å². The highest BCUT2D eigenvalue weighted by Crippen LogP contribution is 2.25. The Morgan fingerprint density at radius 1 is 1.50 bits per heavy atom. The van der Waals surface area contributed by atoms with E-state index >= 15 is 0 Å². The van der Waals surface area contributed by atoms with Crippen molar-refractivity contribution in [3.63, 3.8) is 0 Å². The average molecular weight is 377 g/mol. The van der Waals surface area contributed by atoms with Crippen LogP contribution in [0.4, 0.5) is 5.69 Å². The number of likely N-dealkylation sites (N-methyl/N-ethyl adjacent to an activating group) is 1. The number of rotatable bonds is 5. The van der Waals surface area contributed by atoms with Crippen LogP contribution in [0, 0.1) is 10.1 Å². The van der Waals surface area contributed by atoms with Gasteiger partial charge < -0.3 is 15.5 Å². The van der Waals surface area contributed by atoms with Crippen molar-refractivity contribution < 1.29 is 14.5 Å². The average Bonchev–Trinajstić information content (AvgIpc) is 3.05. The summed E-state index contributed by atoms with van der Waals surface area (Å²) in [5.74, 6) is -1.00. The largest absolute Gasteiger partial charge is 0.343 e. The molecular weight excluding hydrogens is 359 g/mol. The molecule has 10 heteroatoms. The fourth-order valence-electron chi connectivity index (χ4n) is 2.43. The molecule has 1 heterocycles. The van der Waals surface area contributed by atoms with Gasteiger partial charge in [-0.25, -0.2) is 0 Å². The number of carbonyl (C=O) groups is 2. The van der Waals surface area contributed by atoms with Gasteiger partial charge in [0.05, 0.1) is 16.5 Å². The Morgan fingerprint density at radius 3 is 2.79 bits per heavy atom. The van der Waals surface area contributed by atoms with Crippen molar-refractivity contribution in [2.24, 2.45) is 0 Å². The molecule has 1 aromatic rings. The zero-order chi connectivity index (χ0) is 17.0. The Hall–Kier alpha value is -1.90. The Morgan fingerprint density at radius 2 is 2.21 bits per heavy atom. The van der Waals surface area contributed by atoms with Crippen molar-refractivity contribution >= 4 is 41.5 Å². The zero-order valence-electron chi connectivity index (χ0n) is 13.0. The highest BCUT2D eigenvalue weighted by atomic mass is 35.5. The topological polar surface area (TPSA) is 105 Å². The molecule has 0 radical (unpaired) electrons. The number of hydrogen-bond donors (Lipinski definition) is 2. The molecule has 0 saturated carbocycles. The predicted octanol–water partition coefficient (Wildman–Crippen LogP) is 1.22. The van der Waals surface area contributed by atoms with E-state index in [0.29, 0.717) is 6.54 Å². The molecule has 1 atom stereocenters. The van der Waals surface area contributed by atoms with E-state index in [1.165, 1.54) is 18.2 Å². The highest BCUT2D eigenvalue weighted by Gasteiger charge is 2.26. The van der Waals surface area contributed by atoms with Crippen LogP contribution in [0.2, 0.25) is 5.02 Å². The molecule has 1 aromatic carbocycles. The number of nitrogens with one attached hydrogen (secondary N) is 2. The van der Waals surface area contributed by atoms with Gasteiger partial charge in [0, 0.05) is 25.7 Å². The lowest BCUT2D eigenvalue weighted by molar-refractivity contribution is -0.385. The van der Waals surface area contributed by atoms with Gasteiger partial charge in [-0.05, 0) is 19.0 Å². The Bertz CT molecular complexity index is 635. The van der Waals surface area contributed by atoms with E-state index in [2.05, 4.69) is 10.6 Å². The second-order valence-corrected chi connectivity index (χ2v) is 5.63. The summed E-state index contributed by atoms with van der Waals surface area (Å²) in [4.78, 5) is 36.1. The minimum absolute atomic E-state index is 0. The molecule has 1 unspecified atom stereocenters. The van der Waals surface area contributed by atoms with Crippen LogP contribution in [-0.4, -0.2) is 54.4 Å². The van der Waals surface area contributed by atoms with Gasteiger partial charge in [-0.2, -0.15) is 0 Å². The number of nitro groups is 1. The van der Waals surface area contributed by atoms with Gasteiger partial charge in [-0.15, -0.1) is 12.4 Å². The van der Waals surface area contributed by atoms with Gasteiger partial charge in [0.15, 0.2) is 0 Å². The van der Waals surface area contributed by atoms with Crippen molar-refractivity contribution in [1.82, 2.24) is 15.5 Å². The third-order valence-electron chi connectivity index (χ3n) is 3.79. The van der Waals surface area contributed by atoms with Crippen LogP contribution in [-0.2, 0) is 4.79 Å². The van der Waals surface area contributed by atoms with Gasteiger partial charge >= 0.3 is 0 Å². The standard InChI is InChI=1S/C14H17ClN4O4.ClH/c1-18(9-5-6-16-7-9)12(20)8-17-14(21)13-10(15)3-2-4-11(13)19(22)23;/h2-4,9,16H,5-8H2,1H3,(H,17,21);1H. The first kappa shape index (κ1) is 20.1. The molecule has 0 aromatic heterocycles. The van der Waals surface area contributed by atoms with Gasteiger partial charge in [0.1, 0.15) is 5.56 Å². The number of benzene rings is 1. The zero-order valence-corrected chi connectivity index (χ0v) is 14.5. The third-order valence-corrected chi connectivity index (χ3v) is 4.11. The minimum Gasteiger partial charge on any atom is -0.343 e. The summed E-state index contributed by atoms with van der Waals surface area (Å²) in [5.41, 5.74) is -0.632. The van der Waals surface area contributed by atoms with Crippen LogP contribution < -0.4 is 10.6 Å². The lowest BCUT2D eigenvalue weighted by Gasteiger charge is -2.23. The fraction of sp³-hybridized carbons (Fsp3) is 0.429. The molecule has 8 nitrogen and oxygen atoms in total. The number of nitro benzene ring substituents is 1. The molecule has 132 valence electrons. The molecule has 2 rings (SSSR count). The highest BCUT2D eigenvalue weighted by molar-refractivity contribution is 6.34. The molecular formula is C14H18Cl2N4O4. The molecule has 0 spiro atoms. The molecule has 2 amide bonds. The molecule has 1 aliphatic heterocycles. The lowest BCUT2D eigenvalue weighted by Crippen LogP contribution is -2.44. The van der Waals surface area contributed by atoms with E-state index in [1.54, 1.807) is 11.9 Å². The maximum atomic E-state index is 12.2. The maximum Gasteiger partial charge on any atom is 0.283 e. The van der Waals surface area contributed by atoms with Gasteiger partial charge in [-0.1, -0.05) is 17.7 Å². The monoisotopic (exact) mass is 376 g/mol. The van der Waals surface area contributed by atoms with Gasteiger partial charge in [0.2, 0.25) is 5.91 Å². The van der Waals surface area contributed by atoms with E-state index in [-0.39, 0.29) is 41.5 Å². The predicted molar refractivity (Wildman–Crippen MR) is 91.7 cm³/mol. The Balaban J connectivity index is 0.00000288. The Labute approximate surface area is 150 Å². The number of halogens is 2. The molecule has 24 heavy (non-hydrogen) atoms. The summed E-state index contributed by atoms with van der Waals surface area (Å²) >= 11 is 5.88. The SMILES string of the molecule is CN(C(=O)CNC(=O)c1c(Cl)cccc1[N+](=O)[O-])C1CCNC1.Cl. The second kappa shape index (κ2) is 8.81. The molecule has 0 aliphatic carbocycles. The summed E-state index contributed by atoms with van der Waals surface area (Å²) in [5, 5.41) is 16.5. The quantitative estimate of drug-likeness (QED) is 0.593. The fourth-order valence-corrected chi connectivity index (χ4v) is 2.69. The molecule has 1 saturated heterocycles. The van der Waals surface area contributed by atoms with Crippen LogP contribution in [0.15, 0.2) is 18.2 Å². The number of amides is 2. The van der Waals surface area contributed by atoms with Gasteiger partial charge in [-0.3, -0.25) is 19.7 Å². The van der Waals surface area contributed by atoms with Gasteiger partial charge in [0.25, 0.3) is 11.6 Å². The number of carbonyl (C=O) groups excluding carboxylic acids is 2. The van der Waals surface area contributed by atoms with Crippen LogP contribution in [0.5, 0.6) is 0 Å². The van der Waals surface area contributed by atoms with Crippen LogP contribution in [0.1, 0.15) is 16.8 Å². The van der Waals surface area contributed by atoms with E-state index in [9.17, 15) is 19.7 Å². The first-order valence-electron chi connectivity index (χ1n) is 7.09. The summed E-state index contributed by atoms with van der Waals surface area (Å²) in [6.07, 6.45) is 0.853. The third kappa shape index (κ3) is 4.56. The van der Waals surface area contributed by atoms with E-state index in [1.807, 2.05) is 0 Å². The minimum atomic E-state index is -0.742. The number of hydrogen-bond acceptors (Lipinski definition) is 5. The first-order chi connectivity index (χ1) is 10.9. The van der Waals surface area contributed by atoms with Crippen molar-refractivity contribution in [1.29, 1.82) is 0 Å². The summed E-state index contributed by atoms with van der Waals surface area (Å²) < 4.78 is 0. The van der Waals surface area contributed by atoms with Crippen molar-refractivity contribution in [3.05, 3.63) is 38.9 Å². The summed E-state index contributed by atoms with van der Waals surface area (Å²) in [7, 11) is 1.67. The normalized spacial score (nSPS) is 16.2. The Kier molecular flexibility index (Phi) is 7.40. The van der Waals surface area contributed by atoms with E-state index in [4.69, 9.17) is 11.6 Å². The van der Waals surface area contributed by atoms with E-state index in [0.717, 1.165) is 13.0 Å². The van der Waals surface area contributed by atoms with Crippen LogP contribution in [0.25, 0.3) is 0 Å². The van der Waals surface area contributed by atoms with Crippen LogP contribution in [0.3, 0.4) is 0 Å². The van der Waals surface area contributed by atoms with Crippen molar-refractivity contribution in [3.8, 4) is 0 Å². The van der Waals surface area contributed by atoms with Crippen LogP contribution >= 0.6 is 24.0 Å². The second-order valence-electron chi connectivity index (χ2n) is 5.23. The number of nitrogens with zero attached hydrogens (tertiary/aromatic N) is 2. The van der Waals surface area contributed by atoms with Crippen molar-refractivity contribution in [2.75, 3.05) is 26.7 Å². The summed E-state index contributed by atoms with van der Waals surface area (Å²) in [6.45, 7) is 1.32. The molecule has 2 N–H and O–H groups in total. The summed E-state index contributed by atoms with van der Waals surface area (Å²) in [6, 6.07) is 4.07. The molecule has 0 bridgehead atoms. The lowest BCUT2D eigenvalue weighted by atomic mass is 10.1. The van der Waals surface area contributed by atoms with E-state index < -0.39 is 16.5 Å². The molecule has 1 aliphatic rings. The first-order valence-corrected chi connectivity index (χ1v) is 7.47. The smallest absolute Gasteiger partial charge is 0.283 e. The molecule has 1 fully saturated rings.